The van der Waals surface area contributed by atoms with Gasteiger partial charge in [0.15, 0.2) is 0 Å². The van der Waals surface area contributed by atoms with Gasteiger partial charge in [-0.25, -0.2) is 0 Å². The predicted molar refractivity (Wildman–Crippen MR) is 82.1 cm³/mol. The summed E-state index contributed by atoms with van der Waals surface area (Å²) in [7, 11) is 0. The summed E-state index contributed by atoms with van der Waals surface area (Å²) in [6.07, 6.45) is 5.09. The zero-order valence-corrected chi connectivity index (χ0v) is 12.4. The molecule has 1 heterocycles. The first-order valence-electron chi connectivity index (χ1n) is 7.44. The summed E-state index contributed by atoms with van der Waals surface area (Å²) >= 11 is 6.06. The second-order valence-electron chi connectivity index (χ2n) is 5.89. The number of halogens is 1. The molecule has 106 valence electrons. The Labute approximate surface area is 125 Å². The molecule has 3 nitrogen and oxygen atoms in total. The van der Waals surface area contributed by atoms with Gasteiger partial charge in [-0.3, -0.25) is 0 Å². The van der Waals surface area contributed by atoms with Crippen molar-refractivity contribution in [2.24, 2.45) is 5.92 Å². The summed E-state index contributed by atoms with van der Waals surface area (Å²) in [5, 5.41) is 13.6. The van der Waals surface area contributed by atoms with Gasteiger partial charge in [-0.2, -0.15) is 5.26 Å². The Morgan fingerprint density at radius 1 is 1.25 bits per heavy atom. The summed E-state index contributed by atoms with van der Waals surface area (Å²) < 4.78 is 0. The maximum Gasteiger partial charge on any atom is 0.101 e. The first-order chi connectivity index (χ1) is 9.76. The fourth-order valence-corrected chi connectivity index (χ4v) is 3.01. The summed E-state index contributed by atoms with van der Waals surface area (Å²) in [6.45, 7) is 3.18. The molecule has 1 aromatic carbocycles. The number of hydrogen-bond acceptors (Lipinski definition) is 3. The first-order valence-corrected chi connectivity index (χ1v) is 7.82. The molecule has 20 heavy (non-hydrogen) atoms. The van der Waals surface area contributed by atoms with Gasteiger partial charge in [0.2, 0.25) is 0 Å². The SMILES string of the molecule is N#Cc1ccc(Cl)cc1N1CCC(NCC2CC2)CC1. The molecule has 0 spiro atoms. The van der Waals surface area contributed by atoms with Crippen molar-refractivity contribution >= 4 is 17.3 Å². The monoisotopic (exact) mass is 289 g/mol. The minimum absolute atomic E-state index is 0.636. The van der Waals surface area contributed by atoms with E-state index in [1.165, 1.54) is 19.4 Å². The van der Waals surface area contributed by atoms with E-state index in [9.17, 15) is 5.26 Å². The number of benzene rings is 1. The third kappa shape index (κ3) is 3.26. The van der Waals surface area contributed by atoms with Gasteiger partial charge < -0.3 is 10.2 Å². The van der Waals surface area contributed by atoms with E-state index >= 15 is 0 Å². The van der Waals surface area contributed by atoms with Crippen LogP contribution < -0.4 is 10.2 Å². The van der Waals surface area contributed by atoms with Gasteiger partial charge in [-0.15, -0.1) is 0 Å². The van der Waals surface area contributed by atoms with Crippen molar-refractivity contribution in [3.05, 3.63) is 28.8 Å². The van der Waals surface area contributed by atoms with Crippen molar-refractivity contribution < 1.29 is 0 Å². The molecule has 0 atom stereocenters. The van der Waals surface area contributed by atoms with E-state index in [0.717, 1.165) is 43.1 Å². The van der Waals surface area contributed by atoms with Gasteiger partial charge in [0.05, 0.1) is 11.3 Å². The smallest absolute Gasteiger partial charge is 0.101 e. The Morgan fingerprint density at radius 2 is 2.00 bits per heavy atom. The standard InChI is InChI=1S/C16H20ClN3/c17-14-4-3-13(10-18)16(9-14)20-7-5-15(6-8-20)19-11-12-1-2-12/h3-4,9,12,15,19H,1-2,5-8,11H2. The fraction of sp³-hybridized carbons (Fsp3) is 0.562. The molecule has 2 aliphatic rings. The van der Waals surface area contributed by atoms with E-state index in [1.54, 1.807) is 6.07 Å². The molecule has 0 radical (unpaired) electrons. The molecule has 0 amide bonds. The highest BCUT2D eigenvalue weighted by Gasteiger charge is 2.25. The Kier molecular flexibility index (Phi) is 4.14. The van der Waals surface area contributed by atoms with E-state index < -0.39 is 0 Å². The molecule has 1 aromatic rings. The Morgan fingerprint density at radius 3 is 2.65 bits per heavy atom. The Balaban J connectivity index is 1.59. The average molecular weight is 290 g/mol. The topological polar surface area (TPSA) is 39.1 Å². The minimum Gasteiger partial charge on any atom is -0.370 e. The van der Waals surface area contributed by atoms with Crippen LogP contribution in [-0.2, 0) is 0 Å². The van der Waals surface area contributed by atoms with Crippen LogP contribution in [0.25, 0.3) is 0 Å². The Bertz CT molecular complexity index is 511. The fourth-order valence-electron chi connectivity index (χ4n) is 2.84. The lowest BCUT2D eigenvalue weighted by atomic mass is 10.0. The molecule has 1 aliphatic carbocycles. The average Bonchev–Trinajstić information content (AvgIpc) is 3.30. The molecule has 3 rings (SSSR count). The third-order valence-electron chi connectivity index (χ3n) is 4.31. The molecule has 1 saturated carbocycles. The van der Waals surface area contributed by atoms with Gasteiger partial charge in [-0.05, 0) is 56.3 Å². The van der Waals surface area contributed by atoms with E-state index in [1.807, 2.05) is 12.1 Å². The number of hydrogen-bond donors (Lipinski definition) is 1. The number of nitrogens with zero attached hydrogens (tertiary/aromatic N) is 2. The van der Waals surface area contributed by atoms with Crippen molar-refractivity contribution in [2.45, 2.75) is 31.7 Å². The molecule has 0 bridgehead atoms. The zero-order valence-electron chi connectivity index (χ0n) is 11.6. The van der Waals surface area contributed by atoms with Crippen LogP contribution >= 0.6 is 11.6 Å². The van der Waals surface area contributed by atoms with Crippen LogP contribution in [0.2, 0.25) is 5.02 Å². The largest absolute Gasteiger partial charge is 0.370 e. The molecule has 2 fully saturated rings. The maximum atomic E-state index is 9.21. The van der Waals surface area contributed by atoms with Crippen molar-refractivity contribution in [1.82, 2.24) is 5.32 Å². The second-order valence-corrected chi connectivity index (χ2v) is 6.32. The van der Waals surface area contributed by atoms with E-state index in [0.29, 0.717) is 11.1 Å². The van der Waals surface area contributed by atoms with Crippen LogP contribution in [0.15, 0.2) is 18.2 Å². The van der Waals surface area contributed by atoms with Gasteiger partial charge >= 0.3 is 0 Å². The van der Waals surface area contributed by atoms with Crippen LogP contribution in [0, 0.1) is 17.2 Å². The quantitative estimate of drug-likeness (QED) is 0.925. The van der Waals surface area contributed by atoms with Gasteiger partial charge in [0, 0.05) is 24.2 Å². The molecule has 0 unspecified atom stereocenters. The minimum atomic E-state index is 0.636. The Hall–Kier alpha value is -1.24. The number of piperidine rings is 1. The van der Waals surface area contributed by atoms with Crippen molar-refractivity contribution in [2.75, 3.05) is 24.5 Å². The number of nitriles is 1. The lowest BCUT2D eigenvalue weighted by Gasteiger charge is -2.34. The first kappa shape index (κ1) is 13.7. The van der Waals surface area contributed by atoms with Crippen LogP contribution in [0.3, 0.4) is 0 Å². The number of rotatable bonds is 4. The molecule has 1 N–H and O–H groups in total. The van der Waals surface area contributed by atoms with Crippen LogP contribution in [0.5, 0.6) is 0 Å². The third-order valence-corrected chi connectivity index (χ3v) is 4.54. The summed E-state index contributed by atoms with van der Waals surface area (Å²) in [6, 6.07) is 8.41. The highest BCUT2D eigenvalue weighted by atomic mass is 35.5. The molecular formula is C16H20ClN3. The molecule has 1 aliphatic heterocycles. The molecule has 0 aromatic heterocycles. The molecular weight excluding hydrogens is 270 g/mol. The molecule has 4 heteroatoms. The molecule has 1 saturated heterocycles. The summed E-state index contributed by atoms with van der Waals surface area (Å²) in [5.74, 6) is 0.936. The zero-order chi connectivity index (χ0) is 13.9. The van der Waals surface area contributed by atoms with Crippen molar-refractivity contribution in [1.29, 1.82) is 5.26 Å². The second kappa shape index (κ2) is 6.03. The maximum absolute atomic E-state index is 9.21. The van der Waals surface area contributed by atoms with E-state index in [4.69, 9.17) is 11.6 Å². The number of anilines is 1. The normalized spacial score (nSPS) is 19.9. The van der Waals surface area contributed by atoms with Crippen molar-refractivity contribution in [3.8, 4) is 6.07 Å². The van der Waals surface area contributed by atoms with E-state index in [-0.39, 0.29) is 0 Å². The van der Waals surface area contributed by atoms with Gasteiger partial charge in [-0.1, -0.05) is 11.6 Å². The van der Waals surface area contributed by atoms with E-state index in [2.05, 4.69) is 16.3 Å². The highest BCUT2D eigenvalue weighted by molar-refractivity contribution is 6.30. The van der Waals surface area contributed by atoms with Crippen molar-refractivity contribution in [3.63, 3.8) is 0 Å². The highest BCUT2D eigenvalue weighted by Crippen LogP contribution is 2.29. The van der Waals surface area contributed by atoms with Crippen LogP contribution in [0.4, 0.5) is 5.69 Å². The van der Waals surface area contributed by atoms with Crippen LogP contribution in [0.1, 0.15) is 31.2 Å². The predicted octanol–water partition coefficient (Wildman–Crippen LogP) is 3.18. The summed E-state index contributed by atoms with van der Waals surface area (Å²) in [4.78, 5) is 2.29. The number of nitrogens with one attached hydrogen (secondary N) is 1. The van der Waals surface area contributed by atoms with Gasteiger partial charge in [0.25, 0.3) is 0 Å². The summed E-state index contributed by atoms with van der Waals surface area (Å²) in [5.41, 5.74) is 1.71. The van der Waals surface area contributed by atoms with Gasteiger partial charge in [0.1, 0.15) is 6.07 Å². The lowest BCUT2D eigenvalue weighted by molar-refractivity contribution is 0.409. The lowest BCUT2D eigenvalue weighted by Crippen LogP contribution is -2.43. The van der Waals surface area contributed by atoms with Crippen LogP contribution in [-0.4, -0.2) is 25.7 Å².